The number of hydrogen-bond acceptors (Lipinski definition) is 0. The summed E-state index contributed by atoms with van der Waals surface area (Å²) in [4.78, 5) is 0. The van der Waals surface area contributed by atoms with E-state index in [1.807, 2.05) is 6.92 Å². The highest BCUT2D eigenvalue weighted by Gasteiger charge is 1.88. The molecule has 0 aromatic heterocycles. The largest absolute Gasteiger partial charge is 0.191 e. The highest BCUT2D eigenvalue weighted by molar-refractivity contribution is 6.97. The van der Waals surface area contributed by atoms with Gasteiger partial charge in [0.25, 0.3) is 0 Å². The maximum atomic E-state index is 5.34. The van der Waals surface area contributed by atoms with E-state index in [2.05, 4.69) is 0 Å². The van der Waals surface area contributed by atoms with Crippen molar-refractivity contribution in [3.8, 4) is 0 Å². The number of halogens is 2. The summed E-state index contributed by atoms with van der Waals surface area (Å²) in [6, 6.07) is 0. The Labute approximate surface area is 44.0 Å². The van der Waals surface area contributed by atoms with Gasteiger partial charge < -0.3 is 0 Å². The van der Waals surface area contributed by atoms with E-state index in [4.69, 9.17) is 22.7 Å². The topological polar surface area (TPSA) is 0 Å². The summed E-state index contributed by atoms with van der Waals surface area (Å²) < 4.78 is 0. The molecule has 5 heavy (non-hydrogen) atoms. The molecule has 0 aliphatic heterocycles. The van der Waals surface area contributed by atoms with E-state index in [0.717, 1.165) is 0 Å². The Morgan fingerprint density at radius 3 is 2.00 bits per heavy atom. The van der Waals surface area contributed by atoms with Gasteiger partial charge in [-0.15, -0.1) is 11.6 Å². The standard InChI is InChI=1S/C2H4Cl2Si/c1-2(3)5-4/h2H,1H3. The summed E-state index contributed by atoms with van der Waals surface area (Å²) in [5.74, 6) is 0. The maximum Gasteiger partial charge on any atom is 0.191 e. The highest BCUT2D eigenvalue weighted by Crippen LogP contribution is 1.89. The molecule has 0 nitrogen and oxygen atoms in total. The Hall–Kier alpha value is 0.797. The molecule has 0 amide bonds. The predicted octanol–water partition coefficient (Wildman–Crippen LogP) is 1.43. The lowest BCUT2D eigenvalue weighted by atomic mass is 11.0. The Balaban J connectivity index is 2.54. The van der Waals surface area contributed by atoms with Gasteiger partial charge >= 0.3 is 0 Å². The molecule has 0 saturated heterocycles. The van der Waals surface area contributed by atoms with Crippen molar-refractivity contribution in [1.29, 1.82) is 0 Å². The van der Waals surface area contributed by atoms with E-state index >= 15 is 0 Å². The van der Waals surface area contributed by atoms with Crippen molar-refractivity contribution in [3.63, 3.8) is 0 Å². The Morgan fingerprint density at radius 2 is 2.00 bits per heavy atom. The maximum absolute atomic E-state index is 5.34. The zero-order chi connectivity index (χ0) is 4.28. The van der Waals surface area contributed by atoms with Crippen LogP contribution in [0.3, 0.4) is 0 Å². The van der Waals surface area contributed by atoms with Gasteiger partial charge in [0.15, 0.2) is 8.83 Å². The molecular weight excluding hydrogens is 123 g/mol. The first kappa shape index (κ1) is 5.80. The first-order valence-electron chi connectivity index (χ1n) is 1.27. The van der Waals surface area contributed by atoms with Gasteiger partial charge in [-0.05, 0) is 0 Å². The Morgan fingerprint density at radius 1 is 1.80 bits per heavy atom. The molecule has 1 atom stereocenters. The van der Waals surface area contributed by atoms with Crippen LogP contribution in [-0.4, -0.2) is 13.8 Å². The van der Waals surface area contributed by atoms with Crippen LogP contribution >= 0.6 is 22.7 Å². The van der Waals surface area contributed by atoms with Gasteiger partial charge in [0.2, 0.25) is 0 Å². The average molecular weight is 127 g/mol. The van der Waals surface area contributed by atoms with Gasteiger partial charge in [0, 0.05) is 5.00 Å². The molecule has 30 valence electrons. The van der Waals surface area contributed by atoms with Gasteiger partial charge in [-0.2, -0.15) is 11.1 Å². The van der Waals surface area contributed by atoms with E-state index in [1.54, 1.807) is 0 Å². The predicted molar refractivity (Wildman–Crippen MR) is 26.9 cm³/mol. The molecule has 0 aliphatic rings. The molecule has 1 unspecified atom stereocenters. The van der Waals surface area contributed by atoms with Crippen molar-refractivity contribution >= 4 is 31.5 Å². The lowest BCUT2D eigenvalue weighted by Crippen LogP contribution is -1.93. The van der Waals surface area contributed by atoms with Crippen molar-refractivity contribution in [2.24, 2.45) is 0 Å². The van der Waals surface area contributed by atoms with Crippen LogP contribution in [0, 0.1) is 0 Å². The van der Waals surface area contributed by atoms with Gasteiger partial charge in [-0.3, -0.25) is 0 Å². The molecule has 0 bridgehead atoms. The van der Waals surface area contributed by atoms with E-state index < -0.39 is 0 Å². The number of rotatable bonds is 1. The average Bonchev–Trinajstić information content (AvgIpc) is 1.38. The fraction of sp³-hybridized carbons (Fsp3) is 1.00. The molecule has 0 aromatic rings. The van der Waals surface area contributed by atoms with Crippen LogP contribution in [0.25, 0.3) is 0 Å². The van der Waals surface area contributed by atoms with Crippen LogP contribution < -0.4 is 0 Å². The van der Waals surface area contributed by atoms with Crippen LogP contribution in [0.15, 0.2) is 0 Å². The SMILES string of the molecule is CC(Cl)[Si]Cl. The molecule has 0 heterocycles. The molecular formula is C2H4Cl2Si. The van der Waals surface area contributed by atoms with Crippen molar-refractivity contribution in [1.82, 2.24) is 0 Å². The molecule has 0 aromatic carbocycles. The van der Waals surface area contributed by atoms with Crippen LogP contribution in [0.4, 0.5) is 0 Å². The fourth-order valence-electron chi connectivity index (χ4n) is 0. The molecule has 0 aliphatic carbocycles. The van der Waals surface area contributed by atoms with Crippen LogP contribution in [0.1, 0.15) is 6.92 Å². The molecule has 0 fully saturated rings. The van der Waals surface area contributed by atoms with Crippen molar-refractivity contribution in [2.75, 3.05) is 0 Å². The smallest absolute Gasteiger partial charge is 0.170 e. The molecule has 0 rings (SSSR count). The highest BCUT2D eigenvalue weighted by atomic mass is 35.6. The van der Waals surface area contributed by atoms with Crippen LogP contribution in [0.2, 0.25) is 0 Å². The fourth-order valence-corrected chi connectivity index (χ4v) is 0. The zero-order valence-electron chi connectivity index (χ0n) is 2.83. The Kier molecular flexibility index (Phi) is 3.48. The second-order valence-corrected chi connectivity index (χ2v) is 3.48. The third-order valence-corrected chi connectivity index (χ3v) is 2.10. The molecule has 0 saturated carbocycles. The van der Waals surface area contributed by atoms with Gasteiger partial charge in [-0.1, -0.05) is 6.92 Å². The van der Waals surface area contributed by atoms with Gasteiger partial charge in [0.05, 0.1) is 0 Å². The van der Waals surface area contributed by atoms with E-state index in [9.17, 15) is 0 Å². The summed E-state index contributed by atoms with van der Waals surface area (Å²) in [7, 11) is 0.352. The lowest BCUT2D eigenvalue weighted by molar-refractivity contribution is 1.38. The monoisotopic (exact) mass is 126 g/mol. The second kappa shape index (κ2) is 3.01. The third-order valence-electron chi connectivity index (χ3n) is 0.150. The molecule has 0 spiro atoms. The van der Waals surface area contributed by atoms with E-state index in [0.29, 0.717) is 8.83 Å². The Bertz CT molecular complexity index is 21.6. The molecule has 0 N–H and O–H groups in total. The quantitative estimate of drug-likeness (QED) is 0.284. The molecule has 3 heteroatoms. The van der Waals surface area contributed by atoms with E-state index in [-0.39, 0.29) is 5.00 Å². The minimum atomic E-state index is 0.150. The van der Waals surface area contributed by atoms with Gasteiger partial charge in [-0.25, -0.2) is 0 Å². The minimum Gasteiger partial charge on any atom is -0.170 e. The van der Waals surface area contributed by atoms with E-state index in [1.165, 1.54) is 0 Å². The normalized spacial score (nSPS) is 15.0. The first-order valence-corrected chi connectivity index (χ1v) is 3.80. The lowest BCUT2D eigenvalue weighted by Gasteiger charge is -1.82. The first-order chi connectivity index (χ1) is 2.27. The molecule has 2 radical (unpaired) electrons. The number of alkyl halides is 1. The third kappa shape index (κ3) is 4.80. The van der Waals surface area contributed by atoms with Crippen molar-refractivity contribution < 1.29 is 0 Å². The second-order valence-electron chi connectivity index (χ2n) is 0.725. The van der Waals surface area contributed by atoms with Crippen molar-refractivity contribution in [2.45, 2.75) is 11.9 Å². The summed E-state index contributed by atoms with van der Waals surface area (Å²) in [5, 5.41) is 0.150. The van der Waals surface area contributed by atoms with Crippen LogP contribution in [-0.2, 0) is 0 Å². The van der Waals surface area contributed by atoms with Crippen molar-refractivity contribution in [3.05, 3.63) is 0 Å². The van der Waals surface area contributed by atoms with Crippen LogP contribution in [0.5, 0.6) is 0 Å². The summed E-state index contributed by atoms with van der Waals surface area (Å²) in [6.45, 7) is 1.87. The van der Waals surface area contributed by atoms with Gasteiger partial charge in [0.1, 0.15) is 0 Å². The zero-order valence-corrected chi connectivity index (χ0v) is 5.35. The summed E-state index contributed by atoms with van der Waals surface area (Å²) in [5.41, 5.74) is 0. The number of hydrogen-bond donors (Lipinski definition) is 0. The summed E-state index contributed by atoms with van der Waals surface area (Å²) >= 11 is 10.6. The minimum absolute atomic E-state index is 0.150. The summed E-state index contributed by atoms with van der Waals surface area (Å²) in [6.07, 6.45) is 0.